The number of rotatable bonds is 7. The van der Waals surface area contributed by atoms with Crippen LogP contribution >= 0.6 is 0 Å². The van der Waals surface area contributed by atoms with Crippen LogP contribution in [0.25, 0.3) is 0 Å². The molecule has 0 bridgehead atoms. The first-order chi connectivity index (χ1) is 6.56. The van der Waals surface area contributed by atoms with Crippen molar-refractivity contribution in [2.45, 2.75) is 13.2 Å². The largest absolute Gasteiger partial charge is 0.355 e. The smallest absolute Gasteiger partial charge is 0.212 e. The lowest BCUT2D eigenvalue weighted by Gasteiger charge is -2.23. The van der Waals surface area contributed by atoms with Crippen LogP contribution in [0.2, 0.25) is 0 Å². The SMILES string of the molecule is COC(OC)[C@@H](C[N+](=O)[O-])[C@@H](C)C=O. The van der Waals surface area contributed by atoms with Gasteiger partial charge in [0.15, 0.2) is 6.29 Å². The van der Waals surface area contributed by atoms with E-state index in [0.717, 1.165) is 0 Å². The van der Waals surface area contributed by atoms with E-state index in [4.69, 9.17) is 9.47 Å². The molecule has 82 valence electrons. The van der Waals surface area contributed by atoms with E-state index in [2.05, 4.69) is 0 Å². The summed E-state index contributed by atoms with van der Waals surface area (Å²) in [5, 5.41) is 10.3. The summed E-state index contributed by atoms with van der Waals surface area (Å²) in [5.41, 5.74) is 0. The normalized spacial score (nSPS) is 15.1. The predicted molar refractivity (Wildman–Crippen MR) is 48.4 cm³/mol. The molecular formula is C8H15NO5. The molecule has 0 heterocycles. The highest BCUT2D eigenvalue weighted by Crippen LogP contribution is 2.17. The van der Waals surface area contributed by atoms with Crippen molar-refractivity contribution in [3.8, 4) is 0 Å². The minimum absolute atomic E-state index is 0.341. The lowest BCUT2D eigenvalue weighted by Crippen LogP contribution is -2.35. The highest BCUT2D eigenvalue weighted by Gasteiger charge is 2.31. The van der Waals surface area contributed by atoms with E-state index in [1.165, 1.54) is 14.2 Å². The molecule has 0 aromatic heterocycles. The van der Waals surface area contributed by atoms with E-state index in [-0.39, 0.29) is 6.54 Å². The topological polar surface area (TPSA) is 78.7 Å². The Kier molecular flexibility index (Phi) is 5.98. The summed E-state index contributed by atoms with van der Waals surface area (Å²) in [5.74, 6) is -1.03. The number of hydrogen-bond donors (Lipinski definition) is 0. The molecule has 6 heteroatoms. The van der Waals surface area contributed by atoms with Crippen LogP contribution < -0.4 is 0 Å². The third-order valence-electron chi connectivity index (χ3n) is 2.06. The Hall–Kier alpha value is -1.01. The molecule has 0 amide bonds. The van der Waals surface area contributed by atoms with Gasteiger partial charge in [-0.15, -0.1) is 0 Å². The summed E-state index contributed by atoms with van der Waals surface area (Å²) in [6, 6.07) is 0. The number of carbonyl (C=O) groups is 1. The van der Waals surface area contributed by atoms with Crippen molar-refractivity contribution in [2.75, 3.05) is 20.8 Å². The Bertz CT molecular complexity index is 192. The van der Waals surface area contributed by atoms with Crippen molar-refractivity contribution < 1.29 is 19.2 Å². The second-order valence-corrected chi connectivity index (χ2v) is 3.01. The van der Waals surface area contributed by atoms with Gasteiger partial charge in [-0.1, -0.05) is 6.92 Å². The van der Waals surface area contributed by atoms with Crippen LogP contribution in [0.15, 0.2) is 0 Å². The zero-order chi connectivity index (χ0) is 11.1. The van der Waals surface area contributed by atoms with Crippen LogP contribution in [-0.2, 0) is 14.3 Å². The quantitative estimate of drug-likeness (QED) is 0.259. The summed E-state index contributed by atoms with van der Waals surface area (Å²) in [6.07, 6.45) is -0.0558. The number of ether oxygens (including phenoxy) is 2. The first kappa shape index (κ1) is 13.0. The van der Waals surface area contributed by atoms with Crippen LogP contribution in [0.3, 0.4) is 0 Å². The van der Waals surface area contributed by atoms with Crippen LogP contribution in [0.1, 0.15) is 6.92 Å². The number of hydrogen-bond acceptors (Lipinski definition) is 5. The van der Waals surface area contributed by atoms with Gasteiger partial charge in [0.05, 0.1) is 5.92 Å². The van der Waals surface area contributed by atoms with Gasteiger partial charge in [-0.3, -0.25) is 10.1 Å². The number of carbonyl (C=O) groups excluding carboxylic acids is 1. The van der Waals surface area contributed by atoms with Crippen molar-refractivity contribution in [2.24, 2.45) is 11.8 Å². The fourth-order valence-corrected chi connectivity index (χ4v) is 1.22. The zero-order valence-electron chi connectivity index (χ0n) is 8.50. The van der Waals surface area contributed by atoms with Crippen LogP contribution in [0.5, 0.6) is 0 Å². The van der Waals surface area contributed by atoms with Gasteiger partial charge < -0.3 is 14.3 Å². The van der Waals surface area contributed by atoms with Crippen LogP contribution in [-0.4, -0.2) is 38.3 Å². The fraction of sp³-hybridized carbons (Fsp3) is 0.875. The van der Waals surface area contributed by atoms with Gasteiger partial charge >= 0.3 is 0 Å². The molecule has 0 radical (unpaired) electrons. The lowest BCUT2D eigenvalue weighted by molar-refractivity contribution is -0.495. The Morgan fingerprint density at radius 2 is 1.93 bits per heavy atom. The van der Waals surface area contributed by atoms with Crippen molar-refractivity contribution in [1.29, 1.82) is 0 Å². The molecule has 0 N–H and O–H groups in total. The molecule has 0 spiro atoms. The number of aldehydes is 1. The van der Waals surface area contributed by atoms with E-state index < -0.39 is 23.0 Å². The molecule has 0 unspecified atom stereocenters. The highest BCUT2D eigenvalue weighted by atomic mass is 16.7. The summed E-state index contributed by atoms with van der Waals surface area (Å²) >= 11 is 0. The maximum Gasteiger partial charge on any atom is 0.212 e. The third kappa shape index (κ3) is 3.80. The minimum atomic E-state index is -0.722. The molecular weight excluding hydrogens is 190 g/mol. The zero-order valence-corrected chi connectivity index (χ0v) is 8.50. The Labute approximate surface area is 82.3 Å². The van der Waals surface area contributed by atoms with Gasteiger partial charge in [0.25, 0.3) is 0 Å². The summed E-state index contributed by atoms with van der Waals surface area (Å²) in [7, 11) is 2.78. The lowest BCUT2D eigenvalue weighted by atomic mass is 9.95. The average Bonchev–Trinajstić information content (AvgIpc) is 2.16. The van der Waals surface area contributed by atoms with Crippen LogP contribution in [0, 0.1) is 22.0 Å². The van der Waals surface area contributed by atoms with E-state index in [0.29, 0.717) is 6.29 Å². The summed E-state index contributed by atoms with van der Waals surface area (Å²) in [6.45, 7) is 1.26. The molecule has 2 atom stereocenters. The Morgan fingerprint density at radius 3 is 2.21 bits per heavy atom. The van der Waals surface area contributed by atoms with Crippen molar-refractivity contribution >= 4 is 6.29 Å². The molecule has 6 nitrogen and oxygen atoms in total. The molecule has 0 fully saturated rings. The maximum absolute atomic E-state index is 10.5. The molecule has 0 aliphatic rings. The number of methoxy groups -OCH3 is 2. The van der Waals surface area contributed by atoms with E-state index in [1.807, 2.05) is 0 Å². The molecule has 0 aliphatic carbocycles. The van der Waals surface area contributed by atoms with Gasteiger partial charge in [0.2, 0.25) is 6.54 Å². The van der Waals surface area contributed by atoms with Gasteiger partial charge in [-0.05, 0) is 0 Å². The Morgan fingerprint density at radius 1 is 1.43 bits per heavy atom. The molecule has 0 saturated carbocycles. The van der Waals surface area contributed by atoms with Gasteiger partial charge in [0.1, 0.15) is 6.29 Å². The second kappa shape index (κ2) is 6.44. The molecule has 0 rings (SSSR count). The predicted octanol–water partition coefficient (Wildman–Crippen LogP) is 0.333. The summed E-state index contributed by atoms with van der Waals surface area (Å²) < 4.78 is 9.80. The van der Waals surface area contributed by atoms with Gasteiger partial charge in [-0.2, -0.15) is 0 Å². The molecule has 0 aromatic carbocycles. The molecule has 0 aromatic rings. The minimum Gasteiger partial charge on any atom is -0.355 e. The highest BCUT2D eigenvalue weighted by molar-refractivity contribution is 5.53. The van der Waals surface area contributed by atoms with Gasteiger partial charge in [-0.25, -0.2) is 0 Å². The fourth-order valence-electron chi connectivity index (χ4n) is 1.22. The van der Waals surface area contributed by atoms with E-state index in [1.54, 1.807) is 6.92 Å². The monoisotopic (exact) mass is 205 g/mol. The van der Waals surface area contributed by atoms with Gasteiger partial charge in [0, 0.05) is 25.1 Å². The first-order valence-electron chi connectivity index (χ1n) is 4.19. The summed E-state index contributed by atoms with van der Waals surface area (Å²) in [4.78, 5) is 20.4. The van der Waals surface area contributed by atoms with Crippen molar-refractivity contribution in [1.82, 2.24) is 0 Å². The van der Waals surface area contributed by atoms with Crippen molar-refractivity contribution in [3.05, 3.63) is 10.1 Å². The Balaban J connectivity index is 4.50. The van der Waals surface area contributed by atoms with Crippen LogP contribution in [0.4, 0.5) is 0 Å². The van der Waals surface area contributed by atoms with E-state index >= 15 is 0 Å². The van der Waals surface area contributed by atoms with Crippen molar-refractivity contribution in [3.63, 3.8) is 0 Å². The molecule has 0 saturated heterocycles. The second-order valence-electron chi connectivity index (χ2n) is 3.01. The molecule has 0 aliphatic heterocycles. The molecule has 14 heavy (non-hydrogen) atoms. The average molecular weight is 205 g/mol. The standard InChI is InChI=1S/C8H15NO5/c1-6(5-10)7(4-9(11)12)8(13-2)14-3/h5-8H,4H2,1-3H3/t6-,7-/m0/s1. The number of nitrogens with zero attached hydrogens (tertiary/aromatic N) is 1. The van der Waals surface area contributed by atoms with E-state index in [9.17, 15) is 14.9 Å². The maximum atomic E-state index is 10.5. The first-order valence-corrected chi connectivity index (χ1v) is 4.19. The number of nitro groups is 1. The third-order valence-corrected chi connectivity index (χ3v) is 2.06.